The van der Waals surface area contributed by atoms with E-state index in [9.17, 15) is 24.5 Å². The number of carbonyl (C=O) groups excluding carboxylic acids is 3. The number of nitro groups is 1. The van der Waals surface area contributed by atoms with E-state index in [0.29, 0.717) is 5.75 Å². The first kappa shape index (κ1) is 24.6. The van der Waals surface area contributed by atoms with E-state index >= 15 is 0 Å². The Balaban J connectivity index is 1.57. The molecule has 0 aromatic heterocycles. The fraction of sp³-hybridized carbons (Fsp3) is 0.273. The third-order valence-electron chi connectivity index (χ3n) is 4.88. The molecule has 1 saturated heterocycles. The zero-order valence-electron chi connectivity index (χ0n) is 18.0. The highest BCUT2D eigenvalue weighted by atomic mass is 32.1. The molecule has 3 rings (SSSR count). The molecular formula is C22H22N4O7S. The van der Waals surface area contributed by atoms with Crippen LogP contribution in [0.5, 0.6) is 5.75 Å². The van der Waals surface area contributed by atoms with Crippen LogP contribution >= 0.6 is 12.2 Å². The maximum Gasteiger partial charge on any atom is 0.308 e. The lowest BCUT2D eigenvalue weighted by Gasteiger charge is -2.36. The number of ether oxygens (including phenoxy) is 2. The van der Waals surface area contributed by atoms with E-state index < -0.39 is 28.7 Å². The Bertz CT molecular complexity index is 1080. The van der Waals surface area contributed by atoms with E-state index in [1.807, 2.05) is 18.2 Å². The zero-order chi connectivity index (χ0) is 24.5. The van der Waals surface area contributed by atoms with Gasteiger partial charge < -0.3 is 19.7 Å². The number of amides is 2. The maximum atomic E-state index is 12.6. The molecule has 2 aromatic carbocycles. The molecule has 2 aromatic rings. The van der Waals surface area contributed by atoms with Gasteiger partial charge in [-0.3, -0.25) is 29.8 Å². The van der Waals surface area contributed by atoms with Crippen LogP contribution in [0, 0.1) is 10.1 Å². The van der Waals surface area contributed by atoms with E-state index in [1.54, 1.807) is 12.1 Å². The summed E-state index contributed by atoms with van der Waals surface area (Å²) >= 11 is 5.27. The number of piperazine rings is 1. The number of rotatable bonds is 8. The second kappa shape index (κ2) is 11.7. The van der Waals surface area contributed by atoms with Gasteiger partial charge in [0, 0.05) is 19.2 Å². The van der Waals surface area contributed by atoms with Gasteiger partial charge in [0.15, 0.2) is 5.11 Å². The topological polar surface area (TPSA) is 140 Å². The second-order valence-corrected chi connectivity index (χ2v) is 7.51. The summed E-state index contributed by atoms with van der Waals surface area (Å²) in [6.45, 7) is 0.606. The monoisotopic (exact) mass is 486 g/mol. The fourth-order valence-corrected chi connectivity index (χ4v) is 3.58. The summed E-state index contributed by atoms with van der Waals surface area (Å²) in [7, 11) is 0. The number of benzene rings is 2. The molecule has 1 heterocycles. The molecule has 1 fully saturated rings. The SMILES string of the molecule is O=C(CC1C(=O)NCCN1C(=S)NC(=O)c1ccccc1[N+](=O)[O-])OCCOc1ccccc1. The number of hydrogen-bond acceptors (Lipinski definition) is 8. The van der Waals surface area contributed by atoms with Crippen LogP contribution in [0.2, 0.25) is 0 Å². The first-order chi connectivity index (χ1) is 16.4. The predicted octanol–water partition coefficient (Wildman–Crippen LogP) is 1.42. The van der Waals surface area contributed by atoms with Gasteiger partial charge in [-0.1, -0.05) is 30.3 Å². The summed E-state index contributed by atoms with van der Waals surface area (Å²) in [5.41, 5.74) is -0.553. The van der Waals surface area contributed by atoms with Gasteiger partial charge in [-0.05, 0) is 30.4 Å². The van der Waals surface area contributed by atoms with Crippen molar-refractivity contribution < 1.29 is 28.8 Å². The molecule has 0 aliphatic carbocycles. The van der Waals surface area contributed by atoms with Gasteiger partial charge in [-0.25, -0.2) is 0 Å². The number of nitrogens with zero attached hydrogens (tertiary/aromatic N) is 2. The number of esters is 1. The van der Waals surface area contributed by atoms with Crippen molar-refractivity contribution in [1.82, 2.24) is 15.5 Å². The van der Waals surface area contributed by atoms with Crippen molar-refractivity contribution in [3.63, 3.8) is 0 Å². The van der Waals surface area contributed by atoms with Crippen LogP contribution in [0.4, 0.5) is 5.69 Å². The van der Waals surface area contributed by atoms with Crippen molar-refractivity contribution in [3.8, 4) is 5.75 Å². The summed E-state index contributed by atoms with van der Waals surface area (Å²) in [5, 5.41) is 16.1. The smallest absolute Gasteiger partial charge is 0.308 e. The summed E-state index contributed by atoms with van der Waals surface area (Å²) in [5.74, 6) is -1.25. The number of nitrogens with one attached hydrogen (secondary N) is 2. The standard InChI is InChI=1S/C22H22N4O7S/c27-19(33-13-12-32-15-6-2-1-3-7-15)14-18-21(29)23-10-11-25(18)22(34)24-20(28)16-8-4-5-9-17(16)26(30)31/h1-9,18H,10-14H2,(H,23,29)(H,24,28,34). The first-order valence-electron chi connectivity index (χ1n) is 10.3. The van der Waals surface area contributed by atoms with Crippen LogP contribution in [-0.2, 0) is 14.3 Å². The number of para-hydroxylation sites is 2. The molecule has 178 valence electrons. The molecule has 1 aliphatic rings. The summed E-state index contributed by atoms with van der Waals surface area (Å²) in [6.07, 6.45) is -0.307. The Morgan fingerprint density at radius 1 is 1.15 bits per heavy atom. The van der Waals surface area contributed by atoms with E-state index in [4.69, 9.17) is 21.7 Å². The summed E-state index contributed by atoms with van der Waals surface area (Å²) < 4.78 is 10.6. The van der Waals surface area contributed by atoms with Crippen molar-refractivity contribution in [1.29, 1.82) is 0 Å². The van der Waals surface area contributed by atoms with Crippen molar-refractivity contribution in [2.45, 2.75) is 12.5 Å². The molecule has 0 radical (unpaired) electrons. The number of hydrogen-bond donors (Lipinski definition) is 2. The summed E-state index contributed by atoms with van der Waals surface area (Å²) in [4.78, 5) is 49.2. The molecule has 1 atom stereocenters. The Hall–Kier alpha value is -4.06. The molecule has 11 nitrogen and oxygen atoms in total. The van der Waals surface area contributed by atoms with Crippen LogP contribution in [0.15, 0.2) is 54.6 Å². The van der Waals surface area contributed by atoms with Crippen LogP contribution < -0.4 is 15.4 Å². The third kappa shape index (κ3) is 6.48. The lowest BCUT2D eigenvalue weighted by molar-refractivity contribution is -0.385. The average molecular weight is 487 g/mol. The molecular weight excluding hydrogens is 464 g/mol. The van der Waals surface area contributed by atoms with Gasteiger partial charge in [0.05, 0.1) is 11.3 Å². The summed E-state index contributed by atoms with van der Waals surface area (Å²) in [6, 6.07) is 13.4. The normalized spacial score (nSPS) is 15.1. The molecule has 0 spiro atoms. The van der Waals surface area contributed by atoms with Crippen LogP contribution in [0.3, 0.4) is 0 Å². The third-order valence-corrected chi connectivity index (χ3v) is 5.21. The highest BCUT2D eigenvalue weighted by Gasteiger charge is 2.34. The number of carbonyl (C=O) groups is 3. The van der Waals surface area contributed by atoms with E-state index in [2.05, 4.69) is 10.6 Å². The van der Waals surface area contributed by atoms with E-state index in [0.717, 1.165) is 0 Å². The molecule has 12 heteroatoms. The molecule has 1 aliphatic heterocycles. The minimum atomic E-state index is -1.00. The number of thiocarbonyl (C=S) groups is 1. The van der Waals surface area contributed by atoms with Gasteiger partial charge in [-0.2, -0.15) is 0 Å². The fourth-order valence-electron chi connectivity index (χ4n) is 3.27. The minimum Gasteiger partial charge on any atom is -0.490 e. The lowest BCUT2D eigenvalue weighted by atomic mass is 10.1. The Morgan fingerprint density at radius 3 is 2.59 bits per heavy atom. The molecule has 0 bridgehead atoms. The Kier molecular flexibility index (Phi) is 8.46. The van der Waals surface area contributed by atoms with Crippen molar-refractivity contribution in [2.75, 3.05) is 26.3 Å². The van der Waals surface area contributed by atoms with Gasteiger partial charge in [-0.15, -0.1) is 0 Å². The highest BCUT2D eigenvalue weighted by Crippen LogP contribution is 2.18. The van der Waals surface area contributed by atoms with Gasteiger partial charge in [0.2, 0.25) is 5.91 Å². The predicted molar refractivity (Wildman–Crippen MR) is 124 cm³/mol. The zero-order valence-corrected chi connectivity index (χ0v) is 18.8. The molecule has 2 N–H and O–H groups in total. The Morgan fingerprint density at radius 2 is 1.85 bits per heavy atom. The number of nitro benzene ring substituents is 1. The molecule has 1 unspecified atom stereocenters. The van der Waals surface area contributed by atoms with Crippen molar-refractivity contribution in [3.05, 3.63) is 70.3 Å². The van der Waals surface area contributed by atoms with Crippen molar-refractivity contribution >= 4 is 40.8 Å². The minimum absolute atomic E-state index is 0.0130. The highest BCUT2D eigenvalue weighted by molar-refractivity contribution is 7.80. The van der Waals surface area contributed by atoms with Crippen LogP contribution in [0.1, 0.15) is 16.8 Å². The van der Waals surface area contributed by atoms with Gasteiger partial charge in [0.25, 0.3) is 11.6 Å². The lowest BCUT2D eigenvalue weighted by Crippen LogP contribution is -2.60. The van der Waals surface area contributed by atoms with Crippen molar-refractivity contribution in [2.24, 2.45) is 0 Å². The largest absolute Gasteiger partial charge is 0.490 e. The maximum absolute atomic E-state index is 12.6. The average Bonchev–Trinajstić information content (AvgIpc) is 2.83. The van der Waals surface area contributed by atoms with Crippen LogP contribution in [0.25, 0.3) is 0 Å². The molecule has 2 amide bonds. The quantitative estimate of drug-likeness (QED) is 0.186. The first-order valence-corrected chi connectivity index (χ1v) is 10.7. The van der Waals surface area contributed by atoms with Gasteiger partial charge in [0.1, 0.15) is 30.6 Å². The van der Waals surface area contributed by atoms with E-state index in [1.165, 1.54) is 29.2 Å². The molecule has 0 saturated carbocycles. The van der Waals surface area contributed by atoms with Crippen LogP contribution in [-0.4, -0.2) is 65.1 Å². The Labute approximate surface area is 200 Å². The van der Waals surface area contributed by atoms with E-state index in [-0.39, 0.29) is 49.1 Å². The second-order valence-electron chi connectivity index (χ2n) is 7.12. The van der Waals surface area contributed by atoms with Gasteiger partial charge >= 0.3 is 5.97 Å². The molecule has 34 heavy (non-hydrogen) atoms.